The van der Waals surface area contributed by atoms with Gasteiger partial charge in [-0.25, -0.2) is 13.1 Å². The molecule has 3 aromatic rings. The molecule has 2 heterocycles. The number of H-pyrrole nitrogens is 1. The van der Waals surface area contributed by atoms with Crippen molar-refractivity contribution >= 4 is 26.6 Å². The maximum atomic E-state index is 13.2. The number of nitrogens with one attached hydrogen (secondary N) is 2. The minimum Gasteiger partial charge on any atom is -0.394 e. The highest BCUT2D eigenvalue weighted by atomic mass is 32.2. The maximum absolute atomic E-state index is 13.2. The number of rotatable bonds is 4. The third kappa shape index (κ3) is 3.20. The van der Waals surface area contributed by atoms with Crippen LogP contribution in [0.4, 0.5) is 5.69 Å². The van der Waals surface area contributed by atoms with Crippen molar-refractivity contribution in [2.45, 2.75) is 50.5 Å². The molecule has 4 N–H and O–H groups in total. The molecule has 0 unspecified atom stereocenters. The number of fused-ring (bicyclic) bond motifs is 1. The van der Waals surface area contributed by atoms with E-state index in [1.165, 1.54) is 6.07 Å². The topological polar surface area (TPSA) is 131 Å². The van der Waals surface area contributed by atoms with Gasteiger partial charge in [0, 0.05) is 17.0 Å². The molecule has 0 saturated heterocycles. The zero-order valence-corrected chi connectivity index (χ0v) is 16.5. The van der Waals surface area contributed by atoms with Crippen LogP contribution in [0, 0.1) is 13.8 Å². The van der Waals surface area contributed by atoms with Crippen molar-refractivity contribution in [2.75, 3.05) is 5.73 Å². The normalized spacial score (nSPS) is 15.5. The van der Waals surface area contributed by atoms with Crippen LogP contribution >= 0.6 is 0 Å². The summed E-state index contributed by atoms with van der Waals surface area (Å²) in [6, 6.07) is 4.64. The van der Waals surface area contributed by atoms with Crippen LogP contribution in [-0.4, -0.2) is 24.6 Å². The van der Waals surface area contributed by atoms with Crippen LogP contribution in [0.15, 0.2) is 32.4 Å². The first-order valence-electron chi connectivity index (χ1n) is 9.18. The molecule has 4 rings (SSSR count). The van der Waals surface area contributed by atoms with Gasteiger partial charge in [0.2, 0.25) is 10.0 Å². The minimum atomic E-state index is -3.82. The number of hydrogen-bond acceptors (Lipinski definition) is 6. The fourth-order valence-corrected chi connectivity index (χ4v) is 5.42. The molecule has 1 aliphatic rings. The number of aromatic nitrogens is 2. The molecule has 0 amide bonds. The van der Waals surface area contributed by atoms with Crippen molar-refractivity contribution in [2.24, 2.45) is 0 Å². The van der Waals surface area contributed by atoms with Crippen molar-refractivity contribution in [1.29, 1.82) is 0 Å². The van der Waals surface area contributed by atoms with Gasteiger partial charge in [0.05, 0.1) is 21.8 Å². The summed E-state index contributed by atoms with van der Waals surface area (Å²) in [5, 5.41) is 4.32. The lowest BCUT2D eigenvalue weighted by atomic mass is 10.0. The van der Waals surface area contributed by atoms with E-state index in [-0.39, 0.29) is 16.6 Å². The number of nitrogen functional groups attached to an aromatic ring is 1. The maximum Gasteiger partial charge on any atom is 0.271 e. The van der Waals surface area contributed by atoms with Gasteiger partial charge in [0.15, 0.2) is 0 Å². The fraction of sp³-hybridized carbons (Fsp3) is 0.368. The Labute approximate surface area is 162 Å². The zero-order valence-electron chi connectivity index (χ0n) is 15.7. The number of nitrogens with two attached hydrogens (primary N) is 1. The van der Waals surface area contributed by atoms with Gasteiger partial charge in [-0.1, -0.05) is 18.0 Å². The van der Waals surface area contributed by atoms with Crippen molar-refractivity contribution < 1.29 is 12.9 Å². The monoisotopic (exact) mass is 402 g/mol. The lowest BCUT2D eigenvalue weighted by molar-refractivity contribution is 0.393. The Morgan fingerprint density at radius 2 is 1.93 bits per heavy atom. The summed E-state index contributed by atoms with van der Waals surface area (Å²) in [5.74, 6) is 0.571. The molecule has 8 nitrogen and oxygen atoms in total. The molecule has 0 aliphatic heterocycles. The molecule has 28 heavy (non-hydrogen) atoms. The van der Waals surface area contributed by atoms with Gasteiger partial charge >= 0.3 is 0 Å². The van der Waals surface area contributed by atoms with E-state index in [9.17, 15) is 13.2 Å². The SMILES string of the molecule is Cc1noc(C)c1-c1cc(S(=O)(=O)NC2CCCC2)c2cc(N)c(=O)[nH]c2c1. The van der Waals surface area contributed by atoms with Crippen molar-refractivity contribution in [3.8, 4) is 11.1 Å². The molecule has 0 spiro atoms. The third-order valence-corrected chi connectivity index (χ3v) is 6.80. The number of hydrogen-bond donors (Lipinski definition) is 3. The molecule has 1 aliphatic carbocycles. The van der Waals surface area contributed by atoms with E-state index < -0.39 is 15.6 Å². The van der Waals surface area contributed by atoms with Gasteiger partial charge < -0.3 is 15.2 Å². The Kier molecular flexibility index (Phi) is 4.51. The molecule has 2 aromatic heterocycles. The van der Waals surface area contributed by atoms with Crippen LogP contribution in [-0.2, 0) is 10.0 Å². The summed E-state index contributed by atoms with van der Waals surface area (Å²) in [5.41, 5.74) is 7.61. The standard InChI is InChI=1S/C19H22N4O4S/c1-10-18(11(2)27-22-10)12-7-16-14(9-15(20)19(24)21-16)17(8-12)28(25,26)23-13-5-3-4-6-13/h7-9,13,23H,3-6,20H2,1-2H3,(H,21,24). The van der Waals surface area contributed by atoms with Gasteiger partial charge in [0.25, 0.3) is 5.56 Å². The molecule has 1 saturated carbocycles. The summed E-state index contributed by atoms with van der Waals surface area (Å²) in [4.78, 5) is 14.8. The molecule has 0 bridgehead atoms. The van der Waals surface area contributed by atoms with E-state index in [0.717, 1.165) is 25.7 Å². The van der Waals surface area contributed by atoms with Crippen molar-refractivity contribution in [3.63, 3.8) is 0 Å². The predicted octanol–water partition coefficient (Wildman–Crippen LogP) is 2.60. The molecule has 9 heteroatoms. The fourth-order valence-electron chi connectivity index (χ4n) is 3.88. The first-order valence-corrected chi connectivity index (χ1v) is 10.7. The number of benzene rings is 1. The number of aromatic amines is 1. The van der Waals surface area contributed by atoms with Crippen LogP contribution in [0.2, 0.25) is 0 Å². The lowest BCUT2D eigenvalue weighted by Gasteiger charge is -2.16. The highest BCUT2D eigenvalue weighted by Gasteiger charge is 2.26. The highest BCUT2D eigenvalue weighted by Crippen LogP contribution is 2.33. The molecule has 0 radical (unpaired) electrons. The van der Waals surface area contributed by atoms with Gasteiger partial charge in [-0.05, 0) is 50.5 Å². The number of sulfonamides is 1. The van der Waals surface area contributed by atoms with Gasteiger partial charge in [-0.2, -0.15) is 0 Å². The Morgan fingerprint density at radius 3 is 2.57 bits per heavy atom. The molecular weight excluding hydrogens is 380 g/mol. The van der Waals surface area contributed by atoms with E-state index >= 15 is 0 Å². The van der Waals surface area contributed by atoms with E-state index in [1.54, 1.807) is 26.0 Å². The average Bonchev–Trinajstić information content (AvgIpc) is 3.24. The molecule has 148 valence electrons. The second kappa shape index (κ2) is 6.75. The van der Waals surface area contributed by atoms with Crippen molar-refractivity contribution in [3.05, 3.63) is 40.0 Å². The molecule has 0 atom stereocenters. The quantitative estimate of drug-likeness (QED) is 0.615. The smallest absolute Gasteiger partial charge is 0.271 e. The molecular formula is C19H22N4O4S. The molecule has 1 fully saturated rings. The second-order valence-corrected chi connectivity index (χ2v) is 8.97. The lowest BCUT2D eigenvalue weighted by Crippen LogP contribution is -2.32. The minimum absolute atomic E-state index is 0.0325. The van der Waals surface area contributed by atoms with Crippen LogP contribution in [0.1, 0.15) is 37.1 Å². The number of aryl methyl sites for hydroxylation is 2. The summed E-state index contributed by atoms with van der Waals surface area (Å²) in [6.07, 6.45) is 3.65. The van der Waals surface area contributed by atoms with Gasteiger partial charge in [-0.3, -0.25) is 4.79 Å². The predicted molar refractivity (Wildman–Crippen MR) is 107 cm³/mol. The Morgan fingerprint density at radius 1 is 1.21 bits per heavy atom. The Balaban J connectivity index is 1.97. The third-order valence-electron chi connectivity index (χ3n) is 5.24. The second-order valence-electron chi connectivity index (χ2n) is 7.29. The first-order chi connectivity index (χ1) is 13.3. The van der Waals surface area contributed by atoms with Crippen molar-refractivity contribution in [1.82, 2.24) is 14.9 Å². The van der Waals surface area contributed by atoms with E-state index in [0.29, 0.717) is 33.5 Å². The van der Waals surface area contributed by atoms with E-state index in [2.05, 4.69) is 14.9 Å². The summed E-state index contributed by atoms with van der Waals surface area (Å²) in [6.45, 7) is 3.54. The number of nitrogens with zero attached hydrogens (tertiary/aromatic N) is 1. The van der Waals surface area contributed by atoms with Crippen LogP contribution in [0.25, 0.3) is 22.0 Å². The van der Waals surface area contributed by atoms with E-state index in [1.807, 2.05) is 0 Å². The summed E-state index contributed by atoms with van der Waals surface area (Å²) < 4.78 is 34.4. The summed E-state index contributed by atoms with van der Waals surface area (Å²) in [7, 11) is -3.82. The number of anilines is 1. The number of pyridine rings is 1. The van der Waals surface area contributed by atoms with Crippen LogP contribution in [0.3, 0.4) is 0 Å². The van der Waals surface area contributed by atoms with E-state index in [4.69, 9.17) is 10.3 Å². The van der Waals surface area contributed by atoms with Gasteiger partial charge in [0.1, 0.15) is 5.76 Å². The summed E-state index contributed by atoms with van der Waals surface area (Å²) >= 11 is 0. The van der Waals surface area contributed by atoms with Gasteiger partial charge in [-0.15, -0.1) is 0 Å². The molecule has 1 aromatic carbocycles. The zero-order chi connectivity index (χ0) is 20.1. The van der Waals surface area contributed by atoms with Crippen LogP contribution < -0.4 is 16.0 Å². The van der Waals surface area contributed by atoms with Crippen LogP contribution in [0.5, 0.6) is 0 Å². The first kappa shape index (κ1) is 18.7. The largest absolute Gasteiger partial charge is 0.394 e. The highest BCUT2D eigenvalue weighted by molar-refractivity contribution is 7.89. The Hall–Kier alpha value is -2.65. The average molecular weight is 402 g/mol. The Bertz CT molecular complexity index is 1200.